The van der Waals surface area contributed by atoms with E-state index in [4.69, 9.17) is 0 Å². The van der Waals surface area contributed by atoms with Crippen molar-refractivity contribution < 1.29 is 9.18 Å². The molecule has 1 atom stereocenters. The van der Waals surface area contributed by atoms with Gasteiger partial charge in [0, 0.05) is 18.2 Å². The number of amides is 1. The molecule has 1 aliphatic carbocycles. The number of anilines is 1. The van der Waals surface area contributed by atoms with E-state index in [1.165, 1.54) is 31.7 Å². The van der Waals surface area contributed by atoms with Gasteiger partial charge in [-0.15, -0.1) is 0 Å². The lowest BCUT2D eigenvalue weighted by Crippen LogP contribution is -2.42. The Morgan fingerprint density at radius 1 is 1.29 bits per heavy atom. The predicted octanol–water partition coefficient (Wildman–Crippen LogP) is 4.46. The first-order chi connectivity index (χ1) is 10.1. The average molecular weight is 289 g/mol. The molecule has 1 unspecified atom stereocenters. The zero-order chi connectivity index (χ0) is 14.8. The van der Waals surface area contributed by atoms with Crippen molar-refractivity contribution in [2.45, 2.75) is 64.3 Å². The van der Waals surface area contributed by atoms with Crippen LogP contribution in [0.15, 0.2) is 18.2 Å². The molecule has 2 aliphatic rings. The number of carbonyl (C=O) groups is 1. The molecule has 0 N–H and O–H groups in total. The van der Waals surface area contributed by atoms with Crippen LogP contribution in [0.1, 0.15) is 57.4 Å². The summed E-state index contributed by atoms with van der Waals surface area (Å²) >= 11 is 0. The van der Waals surface area contributed by atoms with Crippen LogP contribution in [0.5, 0.6) is 0 Å². The second-order valence-corrected chi connectivity index (χ2v) is 6.61. The quantitative estimate of drug-likeness (QED) is 0.804. The van der Waals surface area contributed by atoms with E-state index in [0.717, 1.165) is 36.4 Å². The minimum atomic E-state index is -0.207. The van der Waals surface area contributed by atoms with Gasteiger partial charge in [-0.1, -0.05) is 25.7 Å². The molecule has 21 heavy (non-hydrogen) atoms. The van der Waals surface area contributed by atoms with Crippen LogP contribution in [0, 0.1) is 11.7 Å². The first-order valence-electron chi connectivity index (χ1n) is 8.25. The maximum atomic E-state index is 13.4. The van der Waals surface area contributed by atoms with E-state index < -0.39 is 0 Å². The number of carbonyl (C=O) groups excluding carboxylic acids is 1. The highest BCUT2D eigenvalue weighted by atomic mass is 19.1. The number of halogens is 1. The first kappa shape index (κ1) is 14.6. The molecule has 1 aromatic carbocycles. The molecular formula is C18H24FNO. The SMILES string of the molecule is CC1CCc2cc(F)ccc2N1C(=O)CCC1CCCC1. The second-order valence-electron chi connectivity index (χ2n) is 6.61. The maximum Gasteiger partial charge on any atom is 0.227 e. The van der Waals surface area contributed by atoms with Gasteiger partial charge in [-0.05, 0) is 55.9 Å². The molecule has 1 saturated carbocycles. The highest BCUT2D eigenvalue weighted by Crippen LogP contribution is 2.33. The van der Waals surface area contributed by atoms with E-state index >= 15 is 0 Å². The fraction of sp³-hybridized carbons (Fsp3) is 0.611. The molecule has 0 bridgehead atoms. The molecule has 1 aliphatic heterocycles. The van der Waals surface area contributed by atoms with Crippen molar-refractivity contribution in [2.75, 3.05) is 4.90 Å². The highest BCUT2D eigenvalue weighted by Gasteiger charge is 2.28. The van der Waals surface area contributed by atoms with Gasteiger partial charge < -0.3 is 4.90 Å². The molecule has 2 nitrogen and oxygen atoms in total. The van der Waals surface area contributed by atoms with Crippen LogP contribution < -0.4 is 4.90 Å². The number of aryl methyl sites for hydroxylation is 1. The third-order valence-electron chi connectivity index (χ3n) is 5.08. The Labute approximate surface area is 126 Å². The van der Waals surface area contributed by atoms with Crippen LogP contribution in [-0.2, 0) is 11.2 Å². The molecule has 114 valence electrons. The summed E-state index contributed by atoms with van der Waals surface area (Å²) in [6, 6.07) is 5.04. The molecule has 1 heterocycles. The molecule has 0 aromatic heterocycles. The first-order valence-corrected chi connectivity index (χ1v) is 8.25. The topological polar surface area (TPSA) is 20.3 Å². The van der Waals surface area contributed by atoms with Gasteiger partial charge in [-0.25, -0.2) is 4.39 Å². The maximum absolute atomic E-state index is 13.4. The van der Waals surface area contributed by atoms with Gasteiger partial charge in [-0.3, -0.25) is 4.79 Å². The monoisotopic (exact) mass is 289 g/mol. The smallest absolute Gasteiger partial charge is 0.227 e. The molecule has 1 aromatic rings. The van der Waals surface area contributed by atoms with Gasteiger partial charge in [0.05, 0.1) is 0 Å². The van der Waals surface area contributed by atoms with Crippen LogP contribution >= 0.6 is 0 Å². The largest absolute Gasteiger partial charge is 0.309 e. The Bertz CT molecular complexity index is 522. The van der Waals surface area contributed by atoms with Crippen LogP contribution in [0.3, 0.4) is 0 Å². The van der Waals surface area contributed by atoms with Crippen LogP contribution in [0.25, 0.3) is 0 Å². The predicted molar refractivity (Wildman–Crippen MR) is 82.9 cm³/mol. The molecule has 0 saturated heterocycles. The lowest BCUT2D eigenvalue weighted by Gasteiger charge is -2.35. The summed E-state index contributed by atoms with van der Waals surface area (Å²) in [5.74, 6) is 0.741. The van der Waals surface area contributed by atoms with Gasteiger partial charge in [0.15, 0.2) is 0 Å². The summed E-state index contributed by atoms with van der Waals surface area (Å²) in [5.41, 5.74) is 1.90. The van der Waals surface area contributed by atoms with Crippen molar-refractivity contribution in [1.82, 2.24) is 0 Å². The minimum Gasteiger partial charge on any atom is -0.309 e. The fourth-order valence-electron chi connectivity index (χ4n) is 3.85. The van der Waals surface area contributed by atoms with Gasteiger partial charge in [0.1, 0.15) is 5.82 Å². The van der Waals surface area contributed by atoms with Gasteiger partial charge >= 0.3 is 0 Å². The van der Waals surface area contributed by atoms with Gasteiger partial charge in [0.2, 0.25) is 5.91 Å². The number of fused-ring (bicyclic) bond motifs is 1. The average Bonchev–Trinajstić information content (AvgIpc) is 2.98. The molecule has 1 amide bonds. The number of nitrogens with zero attached hydrogens (tertiary/aromatic N) is 1. The Morgan fingerprint density at radius 2 is 2.05 bits per heavy atom. The molecule has 0 radical (unpaired) electrons. The van der Waals surface area contributed by atoms with Crippen molar-refractivity contribution in [3.63, 3.8) is 0 Å². The lowest BCUT2D eigenvalue weighted by atomic mass is 9.95. The Hall–Kier alpha value is -1.38. The summed E-state index contributed by atoms with van der Waals surface area (Å²) in [6.45, 7) is 2.10. The van der Waals surface area contributed by atoms with Crippen LogP contribution in [0.4, 0.5) is 10.1 Å². The highest BCUT2D eigenvalue weighted by molar-refractivity contribution is 5.95. The van der Waals surface area contributed by atoms with Crippen LogP contribution in [0.2, 0.25) is 0 Å². The lowest BCUT2D eigenvalue weighted by molar-refractivity contribution is -0.119. The third kappa shape index (κ3) is 3.12. The van der Waals surface area contributed by atoms with Crippen molar-refractivity contribution in [2.24, 2.45) is 5.92 Å². The molecule has 3 rings (SSSR count). The summed E-state index contributed by atoms with van der Waals surface area (Å²) in [6.07, 6.45) is 8.63. The number of rotatable bonds is 3. The fourth-order valence-corrected chi connectivity index (χ4v) is 3.85. The number of hydrogen-bond acceptors (Lipinski definition) is 1. The number of hydrogen-bond donors (Lipinski definition) is 0. The number of benzene rings is 1. The van der Waals surface area contributed by atoms with E-state index in [9.17, 15) is 9.18 Å². The second kappa shape index (κ2) is 6.17. The van der Waals surface area contributed by atoms with E-state index in [0.29, 0.717) is 6.42 Å². The standard InChI is InChI=1S/C18H24FNO/c1-13-6-8-15-12-16(19)9-10-17(15)20(13)18(21)11-7-14-4-2-3-5-14/h9-10,12-14H,2-8,11H2,1H3. The normalized spacial score (nSPS) is 22.4. The summed E-state index contributed by atoms with van der Waals surface area (Å²) in [5, 5.41) is 0. The van der Waals surface area contributed by atoms with Crippen molar-refractivity contribution in [3.05, 3.63) is 29.6 Å². The van der Waals surface area contributed by atoms with E-state index in [2.05, 4.69) is 6.92 Å². The Morgan fingerprint density at radius 3 is 2.81 bits per heavy atom. The van der Waals surface area contributed by atoms with E-state index in [1.54, 1.807) is 12.1 Å². The van der Waals surface area contributed by atoms with Crippen molar-refractivity contribution in [3.8, 4) is 0 Å². The summed E-state index contributed by atoms with van der Waals surface area (Å²) in [7, 11) is 0. The Balaban J connectivity index is 1.72. The minimum absolute atomic E-state index is 0.207. The molecule has 1 fully saturated rings. The molecule has 0 spiro atoms. The van der Waals surface area contributed by atoms with Crippen LogP contribution in [-0.4, -0.2) is 11.9 Å². The van der Waals surface area contributed by atoms with Crippen molar-refractivity contribution >= 4 is 11.6 Å². The van der Waals surface area contributed by atoms with Gasteiger partial charge in [0.25, 0.3) is 0 Å². The summed E-state index contributed by atoms with van der Waals surface area (Å²) in [4.78, 5) is 14.6. The van der Waals surface area contributed by atoms with E-state index in [1.807, 2.05) is 4.90 Å². The Kier molecular flexibility index (Phi) is 4.27. The third-order valence-corrected chi connectivity index (χ3v) is 5.08. The van der Waals surface area contributed by atoms with Gasteiger partial charge in [-0.2, -0.15) is 0 Å². The molecule has 3 heteroatoms. The zero-order valence-electron chi connectivity index (χ0n) is 12.8. The van der Waals surface area contributed by atoms with E-state index in [-0.39, 0.29) is 17.8 Å². The van der Waals surface area contributed by atoms with Crippen molar-refractivity contribution in [1.29, 1.82) is 0 Å². The zero-order valence-corrected chi connectivity index (χ0v) is 12.8. The molecular weight excluding hydrogens is 265 g/mol. The summed E-state index contributed by atoms with van der Waals surface area (Å²) < 4.78 is 13.4.